The highest BCUT2D eigenvalue weighted by Gasteiger charge is 2.46. The number of hydrogen-bond donors (Lipinski definition) is 1. The first-order valence-corrected chi connectivity index (χ1v) is 14.2. The van der Waals surface area contributed by atoms with Gasteiger partial charge < -0.3 is 24.4 Å². The predicted molar refractivity (Wildman–Crippen MR) is 151 cm³/mol. The monoisotopic (exact) mass is 581 g/mol. The highest BCUT2D eigenvalue weighted by atomic mass is 16.6. The summed E-state index contributed by atoms with van der Waals surface area (Å²) in [6.45, 7) is 12.6. The van der Waals surface area contributed by atoms with E-state index in [1.165, 1.54) is 0 Å². The Morgan fingerprint density at radius 3 is 2.20 bits per heavy atom. The van der Waals surface area contributed by atoms with E-state index in [-0.39, 0.29) is 19.4 Å². The molecule has 0 bridgehead atoms. The van der Waals surface area contributed by atoms with Crippen molar-refractivity contribution in [2.45, 2.75) is 117 Å². The van der Waals surface area contributed by atoms with E-state index in [9.17, 15) is 28.8 Å². The number of alkyl carbamates (subject to hydrolysis) is 1. The minimum absolute atomic E-state index is 0.00869. The number of likely N-dealkylation sites (tertiary alicyclic amines) is 1. The number of ketones is 1. The summed E-state index contributed by atoms with van der Waals surface area (Å²) in [6.07, 6.45) is 5.02. The molecule has 0 aliphatic carbocycles. The number of Topliss-reactive ketones (excluding diaryl/α,β-unsaturated/α-hetero) is 1. The third-order valence-electron chi connectivity index (χ3n) is 5.73. The Labute approximate surface area is 243 Å². The van der Waals surface area contributed by atoms with E-state index in [1.807, 2.05) is 6.08 Å². The highest BCUT2D eigenvalue weighted by molar-refractivity contribution is 6.05. The van der Waals surface area contributed by atoms with Crippen LogP contribution in [0.2, 0.25) is 0 Å². The lowest BCUT2D eigenvalue weighted by Crippen LogP contribution is -2.57. The van der Waals surface area contributed by atoms with Gasteiger partial charge in [0.1, 0.15) is 29.8 Å². The molecule has 0 aromatic carbocycles. The first kappa shape index (κ1) is 35.6. The lowest BCUT2D eigenvalue weighted by molar-refractivity contribution is -0.156. The van der Waals surface area contributed by atoms with Crippen LogP contribution in [0.5, 0.6) is 0 Å². The Hall–Kier alpha value is -3.44. The number of amides is 4. The smallest absolute Gasteiger partial charge is 0.417 e. The Balaban J connectivity index is 3.31. The minimum atomic E-state index is -1.38. The number of nitrogens with zero attached hydrogens (tertiary/aromatic N) is 2. The fourth-order valence-corrected chi connectivity index (χ4v) is 3.98. The molecule has 2 atom stereocenters. The van der Waals surface area contributed by atoms with Gasteiger partial charge in [0, 0.05) is 6.42 Å². The molecule has 4 amide bonds. The van der Waals surface area contributed by atoms with E-state index in [0.717, 1.165) is 30.6 Å². The third kappa shape index (κ3) is 12.7. The molecule has 0 aromatic heterocycles. The molecule has 232 valence electrons. The summed E-state index contributed by atoms with van der Waals surface area (Å²) in [5, 5.41) is 2.32. The molecule has 1 saturated heterocycles. The van der Waals surface area contributed by atoms with Crippen molar-refractivity contribution >= 4 is 35.8 Å². The average molecular weight is 582 g/mol. The van der Waals surface area contributed by atoms with Gasteiger partial charge in [-0.15, -0.1) is 0 Å². The molecule has 12 heteroatoms. The van der Waals surface area contributed by atoms with Gasteiger partial charge in [0.2, 0.25) is 5.91 Å². The first-order chi connectivity index (χ1) is 19.0. The van der Waals surface area contributed by atoms with Crippen LogP contribution in [-0.4, -0.2) is 88.5 Å². The number of ether oxygens (including phenoxy) is 3. The number of carbonyl (C=O) groups is 6. The molecular formula is C29H47N3O9. The van der Waals surface area contributed by atoms with Gasteiger partial charge in [-0.05, 0) is 67.7 Å². The van der Waals surface area contributed by atoms with Crippen molar-refractivity contribution in [3.05, 3.63) is 12.2 Å². The van der Waals surface area contributed by atoms with Gasteiger partial charge in [0.15, 0.2) is 5.78 Å². The maximum absolute atomic E-state index is 13.9. The number of nitrogens with one attached hydrogen (secondary N) is 1. The van der Waals surface area contributed by atoms with Gasteiger partial charge in [-0.1, -0.05) is 31.9 Å². The standard InChI is InChI=1S/C29H47N3O9/c1-9-11-12-13-14-15-16-21(25(36)39-10-2)32(27(38)41-29(6,7)8)24(35)22-17-20(33)19-31(22)23(34)18-30-26(37)40-28(3,4)5/h14-15,21-22H,9-13,16-19H2,1-8H3,(H,30,37)/b15-14-. The summed E-state index contributed by atoms with van der Waals surface area (Å²) in [7, 11) is 0. The summed E-state index contributed by atoms with van der Waals surface area (Å²) in [5.41, 5.74) is -1.81. The molecular weight excluding hydrogens is 534 g/mol. The third-order valence-corrected chi connectivity index (χ3v) is 5.73. The topological polar surface area (TPSA) is 149 Å². The summed E-state index contributed by atoms with van der Waals surface area (Å²) >= 11 is 0. The zero-order valence-electron chi connectivity index (χ0n) is 25.7. The molecule has 2 unspecified atom stereocenters. The molecule has 0 radical (unpaired) electrons. The zero-order chi connectivity index (χ0) is 31.4. The largest absolute Gasteiger partial charge is 0.464 e. The molecule has 0 saturated carbocycles. The van der Waals surface area contributed by atoms with Crippen LogP contribution in [0.3, 0.4) is 0 Å². The molecule has 1 heterocycles. The van der Waals surface area contributed by atoms with Crippen LogP contribution in [0.1, 0.15) is 93.9 Å². The van der Waals surface area contributed by atoms with Crippen molar-refractivity contribution in [3.8, 4) is 0 Å². The molecule has 1 N–H and O–H groups in total. The van der Waals surface area contributed by atoms with Gasteiger partial charge in [-0.3, -0.25) is 14.4 Å². The van der Waals surface area contributed by atoms with Crippen molar-refractivity contribution in [1.29, 1.82) is 0 Å². The SMILES string of the molecule is CCCCC/C=C\CC(C(=O)OCC)N(C(=O)OC(C)(C)C)C(=O)C1CC(=O)CN1C(=O)CNC(=O)OC(C)(C)C. The number of esters is 1. The van der Waals surface area contributed by atoms with E-state index in [4.69, 9.17) is 14.2 Å². The van der Waals surface area contributed by atoms with Crippen molar-refractivity contribution in [2.24, 2.45) is 0 Å². The summed E-state index contributed by atoms with van der Waals surface area (Å²) in [5.74, 6) is -2.92. The molecule has 41 heavy (non-hydrogen) atoms. The van der Waals surface area contributed by atoms with Crippen LogP contribution in [0.4, 0.5) is 9.59 Å². The van der Waals surface area contributed by atoms with E-state index >= 15 is 0 Å². The zero-order valence-corrected chi connectivity index (χ0v) is 25.7. The van der Waals surface area contributed by atoms with Crippen molar-refractivity contribution < 1.29 is 43.0 Å². The summed E-state index contributed by atoms with van der Waals surface area (Å²) in [4.78, 5) is 79.5. The van der Waals surface area contributed by atoms with Crippen LogP contribution in [0.25, 0.3) is 0 Å². The maximum Gasteiger partial charge on any atom is 0.417 e. The van der Waals surface area contributed by atoms with Gasteiger partial charge in [-0.2, -0.15) is 0 Å². The fourth-order valence-electron chi connectivity index (χ4n) is 3.98. The van der Waals surface area contributed by atoms with Gasteiger partial charge in [0.25, 0.3) is 5.91 Å². The minimum Gasteiger partial charge on any atom is -0.464 e. The molecule has 12 nitrogen and oxygen atoms in total. The summed E-state index contributed by atoms with van der Waals surface area (Å²) < 4.78 is 15.8. The lowest BCUT2D eigenvalue weighted by atomic mass is 10.1. The number of imide groups is 1. The molecule has 1 fully saturated rings. The number of hydrogen-bond acceptors (Lipinski definition) is 9. The Kier molecular flexibility index (Phi) is 14.0. The van der Waals surface area contributed by atoms with Gasteiger partial charge in [0.05, 0.1) is 13.2 Å². The van der Waals surface area contributed by atoms with Crippen LogP contribution in [-0.2, 0) is 33.4 Å². The van der Waals surface area contributed by atoms with Crippen LogP contribution >= 0.6 is 0 Å². The molecule has 1 rings (SSSR count). The Morgan fingerprint density at radius 1 is 1.00 bits per heavy atom. The molecule has 1 aliphatic rings. The Bertz CT molecular complexity index is 979. The second-order valence-corrected chi connectivity index (χ2v) is 11.8. The van der Waals surface area contributed by atoms with Crippen LogP contribution in [0.15, 0.2) is 12.2 Å². The maximum atomic E-state index is 13.9. The number of allylic oxidation sites excluding steroid dienone is 1. The number of rotatable bonds is 12. The first-order valence-electron chi connectivity index (χ1n) is 14.2. The fraction of sp³-hybridized carbons (Fsp3) is 0.724. The normalized spacial score (nSPS) is 16.3. The summed E-state index contributed by atoms with van der Waals surface area (Å²) in [6, 6.07) is -2.76. The Morgan fingerprint density at radius 2 is 1.63 bits per heavy atom. The highest BCUT2D eigenvalue weighted by Crippen LogP contribution is 2.23. The van der Waals surface area contributed by atoms with E-state index in [0.29, 0.717) is 4.90 Å². The quantitative estimate of drug-likeness (QED) is 0.157. The van der Waals surface area contributed by atoms with Crippen LogP contribution in [0, 0.1) is 0 Å². The molecule has 1 aliphatic heterocycles. The van der Waals surface area contributed by atoms with Crippen molar-refractivity contribution in [1.82, 2.24) is 15.1 Å². The predicted octanol–water partition coefficient (Wildman–Crippen LogP) is 3.90. The number of carbonyl (C=O) groups excluding carboxylic acids is 6. The van der Waals surface area contributed by atoms with Crippen molar-refractivity contribution in [3.63, 3.8) is 0 Å². The second kappa shape index (κ2) is 16.1. The van der Waals surface area contributed by atoms with Gasteiger partial charge in [-0.25, -0.2) is 19.3 Å². The van der Waals surface area contributed by atoms with Crippen LogP contribution < -0.4 is 5.32 Å². The van der Waals surface area contributed by atoms with E-state index < -0.39 is 72.1 Å². The molecule has 0 spiro atoms. The lowest BCUT2D eigenvalue weighted by Gasteiger charge is -2.34. The van der Waals surface area contributed by atoms with Crippen molar-refractivity contribution in [2.75, 3.05) is 19.7 Å². The van der Waals surface area contributed by atoms with Gasteiger partial charge >= 0.3 is 18.2 Å². The number of unbranched alkanes of at least 4 members (excludes halogenated alkanes) is 3. The molecule has 0 aromatic rings. The van der Waals surface area contributed by atoms with E-state index in [1.54, 1.807) is 54.5 Å². The average Bonchev–Trinajstić information content (AvgIpc) is 3.23. The second-order valence-electron chi connectivity index (χ2n) is 11.8. The van der Waals surface area contributed by atoms with E-state index in [2.05, 4.69) is 12.2 Å².